The lowest BCUT2D eigenvalue weighted by atomic mass is 9.48. The quantitative estimate of drug-likeness (QED) is 0.250. The Labute approximate surface area is 193 Å². The number of ether oxygens (including phenoxy) is 3. The molecule has 2 unspecified atom stereocenters. The van der Waals surface area contributed by atoms with Crippen molar-refractivity contribution in [2.24, 2.45) is 17.2 Å². The number of unbranched alkanes of at least 4 members (excludes halogenated alkanes) is 1. The molecule has 1 aromatic carbocycles. The zero-order chi connectivity index (χ0) is 23.2. The first-order valence-electron chi connectivity index (χ1n) is 12.0. The van der Waals surface area contributed by atoms with E-state index in [-0.39, 0.29) is 30.7 Å². The van der Waals surface area contributed by atoms with Gasteiger partial charge in [0, 0.05) is 24.3 Å². The Kier molecular flexibility index (Phi) is 5.57. The fourth-order valence-corrected chi connectivity index (χ4v) is 7.22. The molecule has 5 rings (SSSR count). The zero-order valence-electron chi connectivity index (χ0n) is 19.3. The minimum Gasteiger partial charge on any atom is -0.493 e. The van der Waals surface area contributed by atoms with E-state index >= 15 is 0 Å². The van der Waals surface area contributed by atoms with Gasteiger partial charge in [-0.2, -0.15) is 0 Å². The summed E-state index contributed by atoms with van der Waals surface area (Å²) in [5.74, 6) is 1.59. The number of hydrogen-bond donors (Lipinski definition) is 0. The molecular weight excluding hydrogens is 426 g/mol. The van der Waals surface area contributed by atoms with E-state index in [0.29, 0.717) is 43.1 Å². The topological polar surface area (TPSA) is 100 Å². The number of hydrogen-bond acceptors (Lipinski definition) is 8. The van der Waals surface area contributed by atoms with Crippen LogP contribution in [0.1, 0.15) is 69.4 Å². The summed E-state index contributed by atoms with van der Waals surface area (Å²) in [6, 6.07) is 4.03. The van der Waals surface area contributed by atoms with Gasteiger partial charge in [-0.1, -0.05) is 25.8 Å². The van der Waals surface area contributed by atoms with Crippen LogP contribution in [0.25, 0.3) is 0 Å². The highest BCUT2D eigenvalue weighted by atomic mass is 16.7. The Morgan fingerprint density at radius 3 is 2.91 bits per heavy atom. The van der Waals surface area contributed by atoms with Crippen LogP contribution in [0.4, 0.5) is 0 Å². The lowest BCUT2D eigenvalue weighted by molar-refractivity contribution is -0.202. The average Bonchev–Trinajstić information content (AvgIpc) is 3.14. The molecule has 0 aromatic heterocycles. The van der Waals surface area contributed by atoms with E-state index in [4.69, 9.17) is 14.2 Å². The van der Waals surface area contributed by atoms with Gasteiger partial charge < -0.3 is 19.0 Å². The first kappa shape index (κ1) is 22.2. The van der Waals surface area contributed by atoms with Crippen molar-refractivity contribution < 1.29 is 28.6 Å². The van der Waals surface area contributed by atoms with E-state index in [0.717, 1.165) is 31.2 Å². The van der Waals surface area contributed by atoms with Gasteiger partial charge in [-0.25, -0.2) is 0 Å². The molecule has 2 saturated carbocycles. The molecule has 0 amide bonds. The first-order valence-corrected chi connectivity index (χ1v) is 12.0. The van der Waals surface area contributed by atoms with Crippen LogP contribution >= 0.6 is 0 Å². The molecule has 178 valence electrons. The lowest BCUT2D eigenvalue weighted by Crippen LogP contribution is -2.69. The predicted molar refractivity (Wildman–Crippen MR) is 118 cm³/mol. The molecule has 0 radical (unpaired) electrons. The molecule has 1 aromatic rings. The van der Waals surface area contributed by atoms with E-state index < -0.39 is 17.1 Å². The lowest BCUT2D eigenvalue weighted by Gasteiger charge is -2.58. The van der Waals surface area contributed by atoms with Crippen molar-refractivity contribution in [3.8, 4) is 11.5 Å². The molecule has 1 heterocycles. The molecule has 8 nitrogen and oxygen atoms in total. The highest BCUT2D eigenvalue weighted by molar-refractivity contribution is 5.90. The summed E-state index contributed by atoms with van der Waals surface area (Å²) in [5, 5.41) is 2.39. The Bertz CT molecular complexity index is 978. The molecule has 33 heavy (non-hydrogen) atoms. The second-order valence-corrected chi connectivity index (χ2v) is 9.98. The van der Waals surface area contributed by atoms with Crippen molar-refractivity contribution in [1.29, 1.82) is 0 Å². The van der Waals surface area contributed by atoms with Gasteiger partial charge in [-0.05, 0) is 49.7 Å². The van der Waals surface area contributed by atoms with Crippen molar-refractivity contribution in [2.45, 2.75) is 81.8 Å². The normalized spacial score (nSPS) is 33.4. The summed E-state index contributed by atoms with van der Waals surface area (Å²) in [6.45, 7) is 2.44. The average molecular weight is 458 g/mol. The maximum Gasteiger partial charge on any atom is 0.306 e. The number of Topliss-reactive ketones (excluding diaryl/α,β-unsaturated/α-hetero) is 1. The maximum atomic E-state index is 13.3. The van der Waals surface area contributed by atoms with Crippen molar-refractivity contribution in [1.82, 2.24) is 0 Å². The van der Waals surface area contributed by atoms with E-state index in [1.54, 1.807) is 7.11 Å². The Morgan fingerprint density at radius 2 is 2.12 bits per heavy atom. The van der Waals surface area contributed by atoms with Crippen LogP contribution in [0.5, 0.6) is 11.5 Å². The van der Waals surface area contributed by atoms with E-state index in [9.17, 15) is 14.5 Å². The standard InChI is InChI=1S/C25H31NO7/c1-15-6-5-11-24-21-16-8-9-19(30-2)22(21)32-23(24)18(27)10-12-25(24,17(15)14-16)33-20(28)7-3-4-13-31-26-29/h8-9,15,17,23H,3-7,10-14H2,1-2H3/t15?,17-,23-,24-,25?/m0/s1. The number of benzene rings is 1. The second-order valence-electron chi connectivity index (χ2n) is 9.98. The van der Waals surface area contributed by atoms with Gasteiger partial charge in [0.15, 0.2) is 28.7 Å². The van der Waals surface area contributed by atoms with Gasteiger partial charge in [-0.15, -0.1) is 4.91 Å². The fraction of sp³-hybridized carbons (Fsp3) is 0.680. The number of rotatable bonds is 8. The maximum absolute atomic E-state index is 13.3. The van der Waals surface area contributed by atoms with Crippen LogP contribution in [-0.4, -0.2) is 37.2 Å². The number of ketones is 1. The summed E-state index contributed by atoms with van der Waals surface area (Å²) in [7, 11) is 1.61. The number of carbonyl (C=O) groups is 2. The Hall–Kier alpha value is -2.64. The Morgan fingerprint density at radius 1 is 1.27 bits per heavy atom. The summed E-state index contributed by atoms with van der Waals surface area (Å²) in [6.07, 6.45) is 5.09. The van der Waals surface area contributed by atoms with Crippen molar-refractivity contribution >= 4 is 11.8 Å². The molecule has 8 heteroatoms. The van der Waals surface area contributed by atoms with Crippen LogP contribution < -0.4 is 9.47 Å². The third-order valence-electron chi connectivity index (χ3n) is 8.52. The SMILES string of the molecule is COc1ccc2c3c1O[C@H]1C(=O)CCC4(OC(=O)CCCCON=O)[C@@H](C2)C(C)CCC[C@]314. The predicted octanol–water partition coefficient (Wildman–Crippen LogP) is 4.20. The zero-order valence-corrected chi connectivity index (χ0v) is 19.3. The molecule has 3 aliphatic carbocycles. The molecular formula is C25H31NO7. The summed E-state index contributed by atoms with van der Waals surface area (Å²) >= 11 is 0. The second kappa shape index (κ2) is 8.29. The number of carbonyl (C=O) groups excluding carboxylic acids is 2. The third-order valence-corrected chi connectivity index (χ3v) is 8.52. The van der Waals surface area contributed by atoms with Crippen molar-refractivity contribution in [3.05, 3.63) is 28.2 Å². The highest BCUT2D eigenvalue weighted by Crippen LogP contribution is 2.68. The Balaban J connectivity index is 1.58. The van der Waals surface area contributed by atoms with E-state index in [1.807, 2.05) is 6.07 Å². The number of nitrogens with zero attached hydrogens (tertiary/aromatic N) is 1. The van der Waals surface area contributed by atoms with Crippen LogP contribution in [0.3, 0.4) is 0 Å². The molecule has 0 N–H and O–H groups in total. The van der Waals surface area contributed by atoms with Crippen LogP contribution in [0, 0.1) is 16.7 Å². The fourth-order valence-electron chi connectivity index (χ4n) is 7.22. The van der Waals surface area contributed by atoms with Gasteiger partial charge in [0.05, 0.1) is 12.5 Å². The largest absolute Gasteiger partial charge is 0.493 e. The minimum atomic E-state index is -0.774. The molecule has 1 spiro atoms. The highest BCUT2D eigenvalue weighted by Gasteiger charge is 2.74. The number of methoxy groups -OCH3 is 1. The van der Waals surface area contributed by atoms with Gasteiger partial charge in [0.25, 0.3) is 0 Å². The van der Waals surface area contributed by atoms with Crippen molar-refractivity contribution in [3.63, 3.8) is 0 Å². The molecule has 2 fully saturated rings. The third kappa shape index (κ3) is 3.09. The van der Waals surface area contributed by atoms with E-state index in [2.05, 4.69) is 23.2 Å². The van der Waals surface area contributed by atoms with Gasteiger partial charge in [-0.3, -0.25) is 9.59 Å². The summed E-state index contributed by atoms with van der Waals surface area (Å²) in [4.78, 5) is 41.0. The van der Waals surface area contributed by atoms with E-state index in [1.165, 1.54) is 5.56 Å². The smallest absolute Gasteiger partial charge is 0.306 e. The van der Waals surface area contributed by atoms with Gasteiger partial charge >= 0.3 is 5.97 Å². The van der Waals surface area contributed by atoms with Gasteiger partial charge in [0.1, 0.15) is 12.2 Å². The minimum absolute atomic E-state index is 0.0830. The van der Waals surface area contributed by atoms with Crippen LogP contribution in [-0.2, 0) is 31.0 Å². The van der Waals surface area contributed by atoms with Crippen LogP contribution in [0.2, 0.25) is 0 Å². The molecule has 0 saturated heterocycles. The summed E-state index contributed by atoms with van der Waals surface area (Å²) in [5.41, 5.74) is 0.773. The number of esters is 1. The molecule has 5 atom stereocenters. The molecule has 2 bridgehead atoms. The molecule has 1 aliphatic heterocycles. The van der Waals surface area contributed by atoms with Crippen molar-refractivity contribution in [2.75, 3.05) is 13.7 Å². The van der Waals surface area contributed by atoms with Crippen LogP contribution in [0.15, 0.2) is 17.5 Å². The molecule has 4 aliphatic rings. The van der Waals surface area contributed by atoms with Gasteiger partial charge in [0.2, 0.25) is 0 Å². The first-order chi connectivity index (χ1) is 16.0. The summed E-state index contributed by atoms with van der Waals surface area (Å²) < 4.78 is 18.6. The monoisotopic (exact) mass is 457 g/mol.